The van der Waals surface area contributed by atoms with E-state index in [0.29, 0.717) is 6.04 Å². The van der Waals surface area contributed by atoms with E-state index in [1.165, 1.54) is 11.3 Å². The predicted octanol–water partition coefficient (Wildman–Crippen LogP) is 3.30. The largest absolute Gasteiger partial charge is 0.365 e. The van der Waals surface area contributed by atoms with Crippen LogP contribution in [0, 0.1) is 6.92 Å². The Morgan fingerprint density at radius 2 is 1.81 bits per heavy atom. The van der Waals surface area contributed by atoms with Gasteiger partial charge in [0.25, 0.3) is 0 Å². The van der Waals surface area contributed by atoms with E-state index in [-0.39, 0.29) is 0 Å². The zero-order valence-corrected chi connectivity index (χ0v) is 15.6. The van der Waals surface area contributed by atoms with Crippen LogP contribution in [0.3, 0.4) is 0 Å². The zero-order valence-electron chi connectivity index (χ0n) is 15.6. The maximum Gasteiger partial charge on any atom is 0.204 e. The number of para-hydroxylation sites is 2. The molecule has 27 heavy (non-hydrogen) atoms. The number of rotatable bonds is 2. The third-order valence-electron chi connectivity index (χ3n) is 5.41. The van der Waals surface area contributed by atoms with Gasteiger partial charge in [-0.15, -0.1) is 10.2 Å². The average molecular weight is 358 g/mol. The Hall–Kier alpha value is -3.15. The van der Waals surface area contributed by atoms with Crippen molar-refractivity contribution in [3.8, 4) is 0 Å². The van der Waals surface area contributed by atoms with E-state index in [4.69, 9.17) is 4.98 Å². The van der Waals surface area contributed by atoms with Gasteiger partial charge >= 0.3 is 0 Å². The number of hydrogen-bond acceptors (Lipinski definition) is 5. The van der Waals surface area contributed by atoms with Crippen molar-refractivity contribution in [2.24, 2.45) is 0 Å². The highest BCUT2D eigenvalue weighted by Crippen LogP contribution is 2.27. The molecule has 0 amide bonds. The molecule has 1 aliphatic rings. The molecular weight excluding hydrogens is 336 g/mol. The van der Waals surface area contributed by atoms with E-state index < -0.39 is 0 Å². The van der Waals surface area contributed by atoms with E-state index in [1.54, 1.807) is 6.33 Å². The standard InChI is InChI=1S/C21H22N6/c1-15-7-9-17(10-8-15)26-12-11-25(13-16(26)2)20-21-24-22-14-27(21)19-6-4-3-5-18(19)23-20/h3-10,14,16H,11-13H2,1-2H3. The van der Waals surface area contributed by atoms with Crippen molar-refractivity contribution in [1.82, 2.24) is 19.6 Å². The Balaban J connectivity index is 1.49. The molecule has 0 radical (unpaired) electrons. The molecule has 1 unspecified atom stereocenters. The van der Waals surface area contributed by atoms with E-state index in [9.17, 15) is 0 Å². The molecule has 2 aromatic carbocycles. The highest BCUT2D eigenvalue weighted by molar-refractivity contribution is 5.83. The first-order valence-electron chi connectivity index (χ1n) is 9.37. The van der Waals surface area contributed by atoms with Gasteiger partial charge in [0.05, 0.1) is 11.0 Å². The molecule has 1 saturated heterocycles. The molecule has 3 heterocycles. The summed E-state index contributed by atoms with van der Waals surface area (Å²) in [5, 5.41) is 8.48. The van der Waals surface area contributed by atoms with E-state index in [0.717, 1.165) is 42.1 Å². The molecule has 136 valence electrons. The second-order valence-corrected chi connectivity index (χ2v) is 7.27. The summed E-state index contributed by atoms with van der Waals surface area (Å²) in [4.78, 5) is 9.74. The first-order chi connectivity index (χ1) is 13.2. The lowest BCUT2D eigenvalue weighted by atomic mass is 10.1. The number of nitrogens with zero attached hydrogens (tertiary/aromatic N) is 6. The topological polar surface area (TPSA) is 49.6 Å². The summed E-state index contributed by atoms with van der Waals surface area (Å²) < 4.78 is 2.04. The SMILES string of the molecule is Cc1ccc(N2CCN(c3nc4ccccc4n4cnnc34)CC2C)cc1. The number of hydrogen-bond donors (Lipinski definition) is 0. The van der Waals surface area contributed by atoms with Gasteiger partial charge in [-0.1, -0.05) is 29.8 Å². The summed E-state index contributed by atoms with van der Waals surface area (Å²) in [5.74, 6) is 0.918. The van der Waals surface area contributed by atoms with Gasteiger partial charge in [0.1, 0.15) is 6.33 Å². The van der Waals surface area contributed by atoms with Crippen LogP contribution < -0.4 is 9.80 Å². The fourth-order valence-corrected chi connectivity index (χ4v) is 3.97. The van der Waals surface area contributed by atoms with Crippen molar-refractivity contribution in [1.29, 1.82) is 0 Å². The Morgan fingerprint density at radius 1 is 1.00 bits per heavy atom. The van der Waals surface area contributed by atoms with E-state index in [2.05, 4.69) is 64.2 Å². The highest BCUT2D eigenvalue weighted by atomic mass is 15.3. The average Bonchev–Trinajstić information content (AvgIpc) is 3.18. The molecule has 5 rings (SSSR count). The lowest BCUT2D eigenvalue weighted by molar-refractivity contribution is 0.548. The molecule has 0 N–H and O–H groups in total. The molecule has 1 atom stereocenters. The van der Waals surface area contributed by atoms with Crippen molar-refractivity contribution >= 4 is 28.2 Å². The number of aryl methyl sites for hydroxylation is 1. The molecule has 4 aromatic rings. The molecule has 1 aliphatic heterocycles. The Bertz CT molecular complexity index is 1100. The second kappa shape index (κ2) is 6.23. The minimum absolute atomic E-state index is 0.387. The number of fused-ring (bicyclic) bond motifs is 3. The number of benzene rings is 2. The van der Waals surface area contributed by atoms with Crippen molar-refractivity contribution in [3.63, 3.8) is 0 Å². The van der Waals surface area contributed by atoms with Gasteiger partial charge < -0.3 is 9.80 Å². The van der Waals surface area contributed by atoms with E-state index >= 15 is 0 Å². The monoisotopic (exact) mass is 358 g/mol. The molecule has 2 aromatic heterocycles. The van der Waals surface area contributed by atoms with Crippen LogP contribution in [0.25, 0.3) is 16.7 Å². The minimum Gasteiger partial charge on any atom is -0.365 e. The van der Waals surface area contributed by atoms with Crippen LogP contribution in [0.1, 0.15) is 12.5 Å². The van der Waals surface area contributed by atoms with Crippen LogP contribution in [0.4, 0.5) is 11.5 Å². The molecule has 0 aliphatic carbocycles. The minimum atomic E-state index is 0.387. The maximum atomic E-state index is 4.93. The molecule has 6 heteroatoms. The van der Waals surface area contributed by atoms with Crippen LogP contribution in [0.5, 0.6) is 0 Å². The first-order valence-corrected chi connectivity index (χ1v) is 9.37. The molecule has 0 bridgehead atoms. The second-order valence-electron chi connectivity index (χ2n) is 7.27. The predicted molar refractivity (Wildman–Crippen MR) is 108 cm³/mol. The third-order valence-corrected chi connectivity index (χ3v) is 5.41. The Labute approximate surface area is 158 Å². The van der Waals surface area contributed by atoms with Crippen molar-refractivity contribution in [2.75, 3.05) is 29.4 Å². The van der Waals surface area contributed by atoms with Gasteiger partial charge in [-0.2, -0.15) is 0 Å². The maximum absolute atomic E-state index is 4.93. The van der Waals surface area contributed by atoms with Gasteiger partial charge in [0, 0.05) is 31.4 Å². The quantitative estimate of drug-likeness (QED) is 0.550. The van der Waals surface area contributed by atoms with E-state index in [1.807, 2.05) is 22.6 Å². The number of piperazine rings is 1. The van der Waals surface area contributed by atoms with Gasteiger partial charge in [0.15, 0.2) is 5.82 Å². The molecule has 1 fully saturated rings. The zero-order chi connectivity index (χ0) is 18.4. The molecule has 6 nitrogen and oxygen atoms in total. The van der Waals surface area contributed by atoms with Gasteiger partial charge in [0.2, 0.25) is 5.65 Å². The third kappa shape index (κ3) is 2.68. The summed E-state index contributed by atoms with van der Waals surface area (Å²) in [6.45, 7) is 7.17. The molecule has 0 spiro atoms. The van der Waals surface area contributed by atoms with Crippen LogP contribution in [-0.4, -0.2) is 45.3 Å². The molecular formula is C21H22N6. The molecule has 0 saturated carbocycles. The van der Waals surface area contributed by atoms with Crippen molar-refractivity contribution < 1.29 is 0 Å². The lowest BCUT2D eigenvalue weighted by Gasteiger charge is -2.41. The Kier molecular flexibility index (Phi) is 3.70. The fourth-order valence-electron chi connectivity index (χ4n) is 3.97. The highest BCUT2D eigenvalue weighted by Gasteiger charge is 2.27. The normalized spacial score (nSPS) is 17.8. The number of aromatic nitrogens is 4. The van der Waals surface area contributed by atoms with Crippen LogP contribution in [-0.2, 0) is 0 Å². The number of anilines is 2. The van der Waals surface area contributed by atoms with Crippen molar-refractivity contribution in [2.45, 2.75) is 19.9 Å². The fraction of sp³-hybridized carbons (Fsp3) is 0.286. The van der Waals surface area contributed by atoms with Gasteiger partial charge in [-0.3, -0.25) is 4.40 Å². The summed E-state index contributed by atoms with van der Waals surface area (Å²) in [5.41, 5.74) is 5.40. The van der Waals surface area contributed by atoms with Gasteiger partial charge in [-0.05, 0) is 38.1 Å². The van der Waals surface area contributed by atoms with Gasteiger partial charge in [-0.25, -0.2) is 4.98 Å². The van der Waals surface area contributed by atoms with Crippen LogP contribution >= 0.6 is 0 Å². The smallest absolute Gasteiger partial charge is 0.204 e. The van der Waals surface area contributed by atoms with Crippen LogP contribution in [0.15, 0.2) is 54.9 Å². The summed E-state index contributed by atoms with van der Waals surface area (Å²) in [6, 6.07) is 17.3. The summed E-state index contributed by atoms with van der Waals surface area (Å²) in [7, 11) is 0. The Morgan fingerprint density at radius 3 is 2.63 bits per heavy atom. The van der Waals surface area contributed by atoms with Crippen molar-refractivity contribution in [3.05, 3.63) is 60.4 Å². The van der Waals surface area contributed by atoms with Crippen LogP contribution in [0.2, 0.25) is 0 Å². The summed E-state index contributed by atoms with van der Waals surface area (Å²) in [6.07, 6.45) is 1.77. The first kappa shape index (κ1) is 16.1. The summed E-state index contributed by atoms with van der Waals surface area (Å²) >= 11 is 0. The lowest BCUT2D eigenvalue weighted by Crippen LogP contribution is -2.52.